The van der Waals surface area contributed by atoms with Crippen LogP contribution >= 0.6 is 0 Å². The lowest BCUT2D eigenvalue weighted by atomic mass is 10.1. The van der Waals surface area contributed by atoms with Crippen LogP contribution in [0.5, 0.6) is 5.75 Å². The highest BCUT2D eigenvalue weighted by molar-refractivity contribution is 5.59. The van der Waals surface area contributed by atoms with E-state index in [9.17, 15) is 0 Å². The van der Waals surface area contributed by atoms with E-state index in [1.54, 1.807) is 7.11 Å². The Bertz CT molecular complexity index is 552. The molecule has 2 rings (SSSR count). The number of methoxy groups -OCH3 is 1. The van der Waals surface area contributed by atoms with Crippen molar-refractivity contribution in [2.45, 2.75) is 13.3 Å². The molecule has 2 aromatic carbocycles. The Morgan fingerprint density at radius 3 is 2.79 bits per heavy atom. The van der Waals surface area contributed by atoms with Crippen LogP contribution in [0, 0.1) is 6.92 Å². The fraction of sp³-hybridized carbons (Fsp3) is 0.250. The van der Waals surface area contributed by atoms with Crippen LogP contribution in [0.3, 0.4) is 0 Å². The maximum atomic E-state index is 5.79. The van der Waals surface area contributed by atoms with Crippen molar-refractivity contribution < 1.29 is 4.74 Å². The number of anilines is 2. The molecule has 0 fully saturated rings. The summed E-state index contributed by atoms with van der Waals surface area (Å²) in [4.78, 5) is 0. The topological polar surface area (TPSA) is 47.3 Å². The van der Waals surface area contributed by atoms with Crippen molar-refractivity contribution in [3.05, 3.63) is 53.6 Å². The molecule has 0 spiro atoms. The van der Waals surface area contributed by atoms with Crippen molar-refractivity contribution in [2.24, 2.45) is 0 Å². The van der Waals surface area contributed by atoms with Gasteiger partial charge in [-0.15, -0.1) is 0 Å². The Morgan fingerprint density at radius 2 is 2.00 bits per heavy atom. The zero-order valence-corrected chi connectivity index (χ0v) is 11.4. The fourth-order valence-electron chi connectivity index (χ4n) is 2.00. The van der Waals surface area contributed by atoms with E-state index >= 15 is 0 Å². The lowest BCUT2D eigenvalue weighted by molar-refractivity contribution is 0.414. The highest BCUT2D eigenvalue weighted by atomic mass is 16.5. The Morgan fingerprint density at radius 1 is 1.16 bits per heavy atom. The number of benzene rings is 2. The predicted molar refractivity (Wildman–Crippen MR) is 80.8 cm³/mol. The molecule has 0 aliphatic rings. The number of nitrogens with one attached hydrogen (secondary N) is 1. The lowest BCUT2D eigenvalue weighted by Gasteiger charge is -2.10. The van der Waals surface area contributed by atoms with E-state index in [-0.39, 0.29) is 0 Å². The predicted octanol–water partition coefficient (Wildman–Crippen LogP) is 3.24. The van der Waals surface area contributed by atoms with E-state index in [1.165, 1.54) is 11.1 Å². The molecule has 0 aromatic heterocycles. The van der Waals surface area contributed by atoms with Gasteiger partial charge >= 0.3 is 0 Å². The van der Waals surface area contributed by atoms with Crippen molar-refractivity contribution in [3.8, 4) is 5.75 Å². The van der Waals surface area contributed by atoms with Crippen LogP contribution < -0.4 is 15.8 Å². The first-order valence-corrected chi connectivity index (χ1v) is 6.42. The van der Waals surface area contributed by atoms with Crippen LogP contribution in [0.1, 0.15) is 11.1 Å². The second kappa shape index (κ2) is 6.14. The third kappa shape index (κ3) is 3.65. The Hall–Kier alpha value is -2.16. The van der Waals surface area contributed by atoms with Gasteiger partial charge in [-0.25, -0.2) is 0 Å². The van der Waals surface area contributed by atoms with Crippen molar-refractivity contribution >= 4 is 11.4 Å². The molecule has 100 valence electrons. The summed E-state index contributed by atoms with van der Waals surface area (Å²) in [6.07, 6.45) is 0.950. The third-order valence-electron chi connectivity index (χ3n) is 3.12. The standard InChI is InChI=1S/C16H20N2O/c1-12-6-7-14(17)11-16(12)18-9-8-13-4-3-5-15(10-13)19-2/h3-7,10-11,18H,8-9,17H2,1-2H3. The first kappa shape index (κ1) is 13.3. The van der Waals surface area contributed by atoms with Crippen LogP contribution in [0.15, 0.2) is 42.5 Å². The van der Waals surface area contributed by atoms with Gasteiger partial charge in [0, 0.05) is 17.9 Å². The van der Waals surface area contributed by atoms with Crippen molar-refractivity contribution in [1.29, 1.82) is 0 Å². The second-order valence-corrected chi connectivity index (χ2v) is 4.60. The SMILES string of the molecule is COc1cccc(CCNc2cc(N)ccc2C)c1. The first-order chi connectivity index (χ1) is 9.19. The summed E-state index contributed by atoms with van der Waals surface area (Å²) in [7, 11) is 1.69. The summed E-state index contributed by atoms with van der Waals surface area (Å²) in [5, 5.41) is 3.42. The number of hydrogen-bond donors (Lipinski definition) is 2. The molecular weight excluding hydrogens is 236 g/mol. The summed E-state index contributed by atoms with van der Waals surface area (Å²) in [5.41, 5.74) is 10.1. The minimum Gasteiger partial charge on any atom is -0.497 e. The van der Waals surface area contributed by atoms with Crippen LogP contribution in [0.4, 0.5) is 11.4 Å². The maximum absolute atomic E-state index is 5.79. The Balaban J connectivity index is 1.94. The van der Waals surface area contributed by atoms with Gasteiger partial charge in [0.15, 0.2) is 0 Å². The molecule has 0 radical (unpaired) electrons. The molecule has 3 heteroatoms. The first-order valence-electron chi connectivity index (χ1n) is 6.42. The van der Waals surface area contributed by atoms with Gasteiger partial charge in [-0.05, 0) is 48.7 Å². The van der Waals surface area contributed by atoms with Crippen molar-refractivity contribution in [1.82, 2.24) is 0 Å². The van der Waals surface area contributed by atoms with Gasteiger partial charge in [0.2, 0.25) is 0 Å². The number of hydrogen-bond acceptors (Lipinski definition) is 3. The van der Waals surface area contributed by atoms with E-state index in [0.717, 1.165) is 30.1 Å². The molecule has 0 amide bonds. The molecule has 0 atom stereocenters. The number of nitrogens with two attached hydrogens (primary N) is 1. The minimum absolute atomic E-state index is 0.787. The summed E-state index contributed by atoms with van der Waals surface area (Å²) < 4.78 is 5.22. The molecule has 0 saturated heterocycles. The molecule has 19 heavy (non-hydrogen) atoms. The minimum atomic E-state index is 0.787. The number of nitrogen functional groups attached to an aromatic ring is 1. The van der Waals surface area contributed by atoms with Gasteiger partial charge in [-0.3, -0.25) is 0 Å². The zero-order valence-electron chi connectivity index (χ0n) is 11.4. The van der Waals surface area contributed by atoms with Gasteiger partial charge < -0.3 is 15.8 Å². The number of rotatable bonds is 5. The van der Waals surface area contributed by atoms with Crippen molar-refractivity contribution in [3.63, 3.8) is 0 Å². The van der Waals surface area contributed by atoms with Gasteiger partial charge in [0.05, 0.1) is 7.11 Å². The molecule has 3 nitrogen and oxygen atoms in total. The molecule has 0 heterocycles. The van der Waals surface area contributed by atoms with E-state index in [2.05, 4.69) is 24.4 Å². The molecular formula is C16H20N2O. The largest absolute Gasteiger partial charge is 0.497 e. The number of ether oxygens (including phenoxy) is 1. The summed E-state index contributed by atoms with van der Waals surface area (Å²) in [5.74, 6) is 0.901. The summed E-state index contributed by atoms with van der Waals surface area (Å²) in [6.45, 7) is 2.95. The average Bonchev–Trinajstić information content (AvgIpc) is 2.43. The van der Waals surface area contributed by atoms with Gasteiger partial charge in [0.1, 0.15) is 5.75 Å². The molecule has 2 aromatic rings. The molecule has 3 N–H and O–H groups in total. The van der Waals surface area contributed by atoms with Crippen LogP contribution in [0.2, 0.25) is 0 Å². The van der Waals surface area contributed by atoms with Crippen molar-refractivity contribution in [2.75, 3.05) is 24.7 Å². The molecule has 0 bridgehead atoms. The highest BCUT2D eigenvalue weighted by Gasteiger charge is 1.99. The molecule has 0 saturated carbocycles. The second-order valence-electron chi connectivity index (χ2n) is 4.60. The smallest absolute Gasteiger partial charge is 0.119 e. The Labute approximate surface area is 114 Å². The normalized spacial score (nSPS) is 10.2. The zero-order chi connectivity index (χ0) is 13.7. The molecule has 0 aliphatic heterocycles. The molecule has 0 aliphatic carbocycles. The average molecular weight is 256 g/mol. The summed E-state index contributed by atoms with van der Waals surface area (Å²) >= 11 is 0. The maximum Gasteiger partial charge on any atom is 0.119 e. The number of aryl methyl sites for hydroxylation is 1. The van der Waals surface area contributed by atoms with E-state index in [1.807, 2.05) is 30.3 Å². The van der Waals surface area contributed by atoms with Gasteiger partial charge in [-0.1, -0.05) is 18.2 Å². The lowest BCUT2D eigenvalue weighted by Crippen LogP contribution is -2.06. The Kier molecular flexibility index (Phi) is 4.29. The van der Waals surface area contributed by atoms with Crippen LogP contribution in [-0.4, -0.2) is 13.7 Å². The van der Waals surface area contributed by atoms with Gasteiger partial charge in [0.25, 0.3) is 0 Å². The van der Waals surface area contributed by atoms with E-state index in [4.69, 9.17) is 10.5 Å². The quantitative estimate of drug-likeness (QED) is 0.807. The summed E-state index contributed by atoms with van der Waals surface area (Å²) in [6, 6.07) is 14.1. The van der Waals surface area contributed by atoms with Gasteiger partial charge in [-0.2, -0.15) is 0 Å². The van der Waals surface area contributed by atoms with E-state index in [0.29, 0.717) is 0 Å². The third-order valence-corrected chi connectivity index (χ3v) is 3.12. The monoisotopic (exact) mass is 256 g/mol. The van der Waals surface area contributed by atoms with E-state index < -0.39 is 0 Å². The molecule has 0 unspecified atom stereocenters. The highest BCUT2D eigenvalue weighted by Crippen LogP contribution is 2.18. The van der Waals surface area contributed by atoms with Crippen LogP contribution in [0.25, 0.3) is 0 Å². The van der Waals surface area contributed by atoms with Crippen LogP contribution in [-0.2, 0) is 6.42 Å². The fourth-order valence-corrected chi connectivity index (χ4v) is 2.00.